The van der Waals surface area contributed by atoms with E-state index in [0.29, 0.717) is 5.88 Å². The zero-order valence-electron chi connectivity index (χ0n) is 14.0. The normalized spacial score (nSPS) is 11.2. The number of pyridine rings is 1. The SMILES string of the molecule is CC(C)Oc1nnc(-c2ccc(-c3ccccn3)s2)c2ccccc12. The zero-order chi connectivity index (χ0) is 17.2. The number of aromatic nitrogens is 3. The Kier molecular flexibility index (Phi) is 4.15. The topological polar surface area (TPSA) is 47.9 Å². The average Bonchev–Trinajstić information content (AvgIpc) is 3.12. The van der Waals surface area contributed by atoms with Crippen LogP contribution >= 0.6 is 11.3 Å². The second-order valence-electron chi connectivity index (χ2n) is 5.94. The molecule has 0 radical (unpaired) electrons. The summed E-state index contributed by atoms with van der Waals surface area (Å²) in [5.41, 5.74) is 1.84. The third-order valence-corrected chi connectivity index (χ3v) is 4.87. The van der Waals surface area contributed by atoms with Gasteiger partial charge in [0.25, 0.3) is 0 Å². The van der Waals surface area contributed by atoms with E-state index in [4.69, 9.17) is 4.74 Å². The first kappa shape index (κ1) is 15.7. The lowest BCUT2D eigenvalue weighted by atomic mass is 10.1. The molecular weight excluding hydrogens is 330 g/mol. The summed E-state index contributed by atoms with van der Waals surface area (Å²) >= 11 is 1.67. The first-order chi connectivity index (χ1) is 12.2. The Morgan fingerprint density at radius 2 is 1.60 bits per heavy atom. The van der Waals surface area contributed by atoms with Gasteiger partial charge >= 0.3 is 0 Å². The van der Waals surface area contributed by atoms with E-state index in [9.17, 15) is 0 Å². The van der Waals surface area contributed by atoms with Gasteiger partial charge in [0.1, 0.15) is 5.69 Å². The van der Waals surface area contributed by atoms with Crippen molar-refractivity contribution in [3.63, 3.8) is 0 Å². The molecule has 0 aliphatic carbocycles. The summed E-state index contributed by atoms with van der Waals surface area (Å²) in [4.78, 5) is 6.60. The molecule has 0 atom stereocenters. The molecule has 124 valence electrons. The second kappa shape index (κ2) is 6.61. The fraction of sp³-hybridized carbons (Fsp3) is 0.150. The van der Waals surface area contributed by atoms with Gasteiger partial charge in [-0.2, -0.15) is 0 Å². The molecule has 0 spiro atoms. The van der Waals surface area contributed by atoms with E-state index in [-0.39, 0.29) is 6.10 Å². The molecule has 1 aromatic carbocycles. The van der Waals surface area contributed by atoms with Crippen LogP contribution in [0, 0.1) is 0 Å². The Morgan fingerprint density at radius 3 is 2.36 bits per heavy atom. The second-order valence-corrected chi connectivity index (χ2v) is 7.03. The van der Waals surface area contributed by atoms with Crippen LogP contribution in [0.25, 0.3) is 31.9 Å². The van der Waals surface area contributed by atoms with Crippen LogP contribution in [0.4, 0.5) is 0 Å². The van der Waals surface area contributed by atoms with Crippen molar-refractivity contribution in [2.45, 2.75) is 20.0 Å². The van der Waals surface area contributed by atoms with Crippen molar-refractivity contribution in [2.24, 2.45) is 0 Å². The summed E-state index contributed by atoms with van der Waals surface area (Å²) in [6.45, 7) is 3.98. The van der Waals surface area contributed by atoms with Crippen molar-refractivity contribution in [3.05, 3.63) is 60.8 Å². The third-order valence-electron chi connectivity index (χ3n) is 3.76. The molecule has 0 aliphatic rings. The van der Waals surface area contributed by atoms with Crippen molar-refractivity contribution < 1.29 is 4.74 Å². The van der Waals surface area contributed by atoms with Crippen LogP contribution in [-0.4, -0.2) is 21.3 Å². The Balaban J connectivity index is 1.81. The van der Waals surface area contributed by atoms with Crippen LogP contribution in [-0.2, 0) is 0 Å². The minimum Gasteiger partial charge on any atom is -0.473 e. The number of rotatable bonds is 4. The Labute approximate surface area is 150 Å². The number of fused-ring (bicyclic) bond motifs is 1. The van der Waals surface area contributed by atoms with Gasteiger partial charge in [0.2, 0.25) is 5.88 Å². The molecule has 0 bridgehead atoms. The van der Waals surface area contributed by atoms with Gasteiger partial charge in [0, 0.05) is 17.0 Å². The first-order valence-electron chi connectivity index (χ1n) is 8.16. The highest BCUT2D eigenvalue weighted by molar-refractivity contribution is 7.18. The Morgan fingerprint density at radius 1 is 0.840 bits per heavy atom. The summed E-state index contributed by atoms with van der Waals surface area (Å²) in [5.74, 6) is 0.579. The highest BCUT2D eigenvalue weighted by Gasteiger charge is 2.14. The van der Waals surface area contributed by atoms with Crippen LogP contribution in [0.3, 0.4) is 0 Å². The summed E-state index contributed by atoms with van der Waals surface area (Å²) < 4.78 is 5.81. The molecule has 0 unspecified atom stereocenters. The van der Waals surface area contributed by atoms with Gasteiger partial charge < -0.3 is 4.74 Å². The largest absolute Gasteiger partial charge is 0.473 e. The lowest BCUT2D eigenvalue weighted by Gasteiger charge is -2.11. The van der Waals surface area contributed by atoms with Crippen molar-refractivity contribution in [2.75, 3.05) is 0 Å². The molecule has 4 rings (SSSR count). The predicted octanol–water partition coefficient (Wildman–Crippen LogP) is 5.21. The number of nitrogens with zero attached hydrogens (tertiary/aromatic N) is 3. The maximum absolute atomic E-state index is 5.81. The molecule has 3 aromatic heterocycles. The average molecular weight is 347 g/mol. The lowest BCUT2D eigenvalue weighted by Crippen LogP contribution is -2.08. The highest BCUT2D eigenvalue weighted by atomic mass is 32.1. The van der Waals surface area contributed by atoms with Crippen LogP contribution in [0.2, 0.25) is 0 Å². The predicted molar refractivity (Wildman–Crippen MR) is 102 cm³/mol. The van der Waals surface area contributed by atoms with Gasteiger partial charge in [-0.25, -0.2) is 0 Å². The van der Waals surface area contributed by atoms with E-state index in [1.807, 2.05) is 56.4 Å². The Bertz CT molecular complexity index is 1010. The fourth-order valence-corrected chi connectivity index (χ4v) is 3.66. The number of hydrogen-bond acceptors (Lipinski definition) is 5. The molecule has 0 saturated heterocycles. The van der Waals surface area contributed by atoms with Gasteiger partial charge in [-0.1, -0.05) is 24.3 Å². The van der Waals surface area contributed by atoms with Crippen LogP contribution in [0.5, 0.6) is 5.88 Å². The van der Waals surface area contributed by atoms with Gasteiger partial charge in [-0.15, -0.1) is 21.5 Å². The number of ether oxygens (including phenoxy) is 1. The zero-order valence-corrected chi connectivity index (χ0v) is 14.8. The molecule has 25 heavy (non-hydrogen) atoms. The smallest absolute Gasteiger partial charge is 0.241 e. The molecule has 5 heteroatoms. The van der Waals surface area contributed by atoms with E-state index in [1.165, 1.54) is 0 Å². The quantitative estimate of drug-likeness (QED) is 0.508. The monoisotopic (exact) mass is 347 g/mol. The molecule has 0 aliphatic heterocycles. The third kappa shape index (κ3) is 3.10. The molecule has 4 nitrogen and oxygen atoms in total. The molecule has 0 N–H and O–H groups in total. The number of hydrogen-bond donors (Lipinski definition) is 0. The minimum absolute atomic E-state index is 0.0565. The summed E-state index contributed by atoms with van der Waals surface area (Å²) in [6, 6.07) is 18.2. The van der Waals surface area contributed by atoms with Gasteiger partial charge in [-0.05, 0) is 44.2 Å². The van der Waals surface area contributed by atoms with Gasteiger partial charge in [0.05, 0.1) is 21.6 Å². The number of thiophene rings is 1. The lowest BCUT2D eigenvalue weighted by molar-refractivity contribution is 0.233. The molecule has 3 heterocycles. The summed E-state index contributed by atoms with van der Waals surface area (Å²) in [6.07, 6.45) is 1.86. The van der Waals surface area contributed by atoms with E-state index in [0.717, 1.165) is 31.9 Å². The van der Waals surface area contributed by atoms with E-state index in [2.05, 4.69) is 33.4 Å². The van der Waals surface area contributed by atoms with Crippen molar-refractivity contribution in [1.82, 2.24) is 15.2 Å². The fourth-order valence-electron chi connectivity index (χ4n) is 2.68. The van der Waals surface area contributed by atoms with E-state index in [1.54, 1.807) is 11.3 Å². The molecule has 0 saturated carbocycles. The van der Waals surface area contributed by atoms with Crippen molar-refractivity contribution >= 4 is 22.1 Å². The molecule has 0 fully saturated rings. The van der Waals surface area contributed by atoms with Crippen LogP contribution in [0.15, 0.2) is 60.8 Å². The minimum atomic E-state index is 0.0565. The molecule has 4 aromatic rings. The van der Waals surface area contributed by atoms with Crippen LogP contribution < -0.4 is 4.74 Å². The summed E-state index contributed by atoms with van der Waals surface area (Å²) in [7, 11) is 0. The summed E-state index contributed by atoms with van der Waals surface area (Å²) in [5, 5.41) is 10.8. The van der Waals surface area contributed by atoms with Crippen molar-refractivity contribution in [1.29, 1.82) is 0 Å². The standard InChI is InChI=1S/C20H17N3OS/c1-13(2)24-20-15-8-4-3-7-14(15)19(22-23-20)18-11-10-17(25-18)16-9-5-6-12-21-16/h3-13H,1-2H3. The van der Waals surface area contributed by atoms with Crippen LogP contribution in [0.1, 0.15) is 13.8 Å². The molecular formula is C20H17N3OS. The highest BCUT2D eigenvalue weighted by Crippen LogP contribution is 2.37. The van der Waals surface area contributed by atoms with E-state index >= 15 is 0 Å². The Hall–Kier alpha value is -2.79. The van der Waals surface area contributed by atoms with Crippen molar-refractivity contribution in [3.8, 4) is 27.0 Å². The van der Waals surface area contributed by atoms with Gasteiger partial charge in [0.15, 0.2) is 0 Å². The van der Waals surface area contributed by atoms with E-state index < -0.39 is 0 Å². The molecule has 0 amide bonds. The van der Waals surface area contributed by atoms with Gasteiger partial charge in [-0.3, -0.25) is 4.98 Å². The first-order valence-corrected chi connectivity index (χ1v) is 8.98. The number of benzene rings is 1. The maximum atomic E-state index is 5.81. The maximum Gasteiger partial charge on any atom is 0.241 e.